The van der Waals surface area contributed by atoms with Gasteiger partial charge in [-0.3, -0.25) is 0 Å². The Kier molecular flexibility index (Phi) is 6.26. The first-order chi connectivity index (χ1) is 8.69. The number of methoxy groups -OCH3 is 1. The van der Waals surface area contributed by atoms with Crippen molar-refractivity contribution >= 4 is 5.76 Å². The quantitative estimate of drug-likeness (QED) is 0.504. The van der Waals surface area contributed by atoms with Crippen LogP contribution in [0.1, 0.15) is 38.2 Å². The van der Waals surface area contributed by atoms with Crippen LogP contribution in [0.5, 0.6) is 5.75 Å². The molecule has 0 saturated heterocycles. The summed E-state index contributed by atoms with van der Waals surface area (Å²) in [6.07, 6.45) is 4.46. The van der Waals surface area contributed by atoms with Crippen molar-refractivity contribution in [2.75, 3.05) is 13.7 Å². The lowest BCUT2D eigenvalue weighted by atomic mass is 10.2. The Balaban J connectivity index is 2.49. The van der Waals surface area contributed by atoms with Crippen LogP contribution in [0.3, 0.4) is 0 Å². The van der Waals surface area contributed by atoms with E-state index in [0.29, 0.717) is 23.7 Å². The van der Waals surface area contributed by atoms with Crippen LogP contribution < -0.4 is 4.74 Å². The summed E-state index contributed by atoms with van der Waals surface area (Å²) < 4.78 is 24.1. The predicted octanol–water partition coefficient (Wildman–Crippen LogP) is 4.40. The smallest absolute Gasteiger partial charge is 0.165 e. The van der Waals surface area contributed by atoms with Gasteiger partial charge in [-0.05, 0) is 24.6 Å². The molecule has 0 aliphatic rings. The Morgan fingerprint density at radius 1 is 1.28 bits per heavy atom. The van der Waals surface area contributed by atoms with E-state index in [4.69, 9.17) is 9.47 Å². The van der Waals surface area contributed by atoms with Gasteiger partial charge in [-0.1, -0.05) is 32.8 Å². The van der Waals surface area contributed by atoms with Gasteiger partial charge < -0.3 is 9.47 Å². The fourth-order valence-electron chi connectivity index (χ4n) is 1.62. The molecule has 1 rings (SSSR count). The van der Waals surface area contributed by atoms with E-state index in [1.807, 2.05) is 0 Å². The molecule has 2 nitrogen and oxygen atoms in total. The van der Waals surface area contributed by atoms with Gasteiger partial charge in [0.15, 0.2) is 11.6 Å². The number of rotatable bonds is 8. The van der Waals surface area contributed by atoms with Crippen molar-refractivity contribution in [2.24, 2.45) is 0 Å². The minimum absolute atomic E-state index is 0.291. The second-order valence-electron chi connectivity index (χ2n) is 4.18. The van der Waals surface area contributed by atoms with E-state index in [9.17, 15) is 4.39 Å². The maximum absolute atomic E-state index is 13.7. The fourth-order valence-corrected chi connectivity index (χ4v) is 1.62. The highest BCUT2D eigenvalue weighted by atomic mass is 19.1. The zero-order chi connectivity index (χ0) is 13.4. The van der Waals surface area contributed by atoms with Crippen molar-refractivity contribution in [1.82, 2.24) is 0 Å². The second kappa shape index (κ2) is 7.75. The lowest BCUT2D eigenvalue weighted by Gasteiger charge is -2.09. The molecule has 0 N–H and O–H groups in total. The zero-order valence-electron chi connectivity index (χ0n) is 11.2. The largest absolute Gasteiger partial charge is 0.497 e. The summed E-state index contributed by atoms with van der Waals surface area (Å²) >= 11 is 0. The van der Waals surface area contributed by atoms with E-state index < -0.39 is 0 Å². The van der Waals surface area contributed by atoms with Crippen molar-refractivity contribution in [2.45, 2.75) is 32.6 Å². The van der Waals surface area contributed by atoms with Crippen LogP contribution in [-0.4, -0.2) is 13.7 Å². The first kappa shape index (κ1) is 14.6. The molecule has 0 amide bonds. The maximum atomic E-state index is 13.7. The molecular formula is C15H21FO2. The highest BCUT2D eigenvalue weighted by Crippen LogP contribution is 2.22. The molecule has 18 heavy (non-hydrogen) atoms. The summed E-state index contributed by atoms with van der Waals surface area (Å²) in [5.41, 5.74) is 0.633. The number of hydrogen-bond acceptors (Lipinski definition) is 2. The van der Waals surface area contributed by atoms with Gasteiger partial charge in [0.1, 0.15) is 5.76 Å². The van der Waals surface area contributed by atoms with Crippen molar-refractivity contribution < 1.29 is 13.9 Å². The summed E-state index contributed by atoms with van der Waals surface area (Å²) in [4.78, 5) is 0. The lowest BCUT2D eigenvalue weighted by molar-refractivity contribution is 0.290. The standard InChI is InChI=1S/C15H21FO2/c1-4-5-6-7-10-18-15-9-8-13(11-14(15)16)12(2)17-3/h8-9,11H,2,4-7,10H2,1,3H3. The molecule has 0 spiro atoms. The average molecular weight is 252 g/mol. The van der Waals surface area contributed by atoms with Gasteiger partial charge in [0, 0.05) is 5.56 Å². The summed E-state index contributed by atoms with van der Waals surface area (Å²) in [6.45, 7) is 6.39. The molecule has 0 aromatic heterocycles. The summed E-state index contributed by atoms with van der Waals surface area (Å²) in [5, 5.41) is 0. The summed E-state index contributed by atoms with van der Waals surface area (Å²) in [5.74, 6) is 0.365. The molecule has 3 heteroatoms. The highest BCUT2D eigenvalue weighted by molar-refractivity contribution is 5.58. The molecule has 0 aliphatic carbocycles. The third-order valence-electron chi connectivity index (χ3n) is 2.76. The second-order valence-corrected chi connectivity index (χ2v) is 4.18. The third-order valence-corrected chi connectivity index (χ3v) is 2.76. The Labute approximate surface area is 108 Å². The Hall–Kier alpha value is -1.51. The highest BCUT2D eigenvalue weighted by Gasteiger charge is 2.06. The minimum atomic E-state index is -0.374. The van der Waals surface area contributed by atoms with Crippen LogP contribution in [0.15, 0.2) is 24.8 Å². The van der Waals surface area contributed by atoms with Crippen LogP contribution >= 0.6 is 0 Å². The fraction of sp³-hybridized carbons (Fsp3) is 0.467. The van der Waals surface area contributed by atoms with E-state index in [0.717, 1.165) is 12.8 Å². The molecule has 0 bridgehead atoms. The van der Waals surface area contributed by atoms with Crippen LogP contribution in [-0.2, 0) is 4.74 Å². The molecule has 1 aromatic carbocycles. The SMILES string of the molecule is C=C(OC)c1ccc(OCCCCCC)c(F)c1. The maximum Gasteiger partial charge on any atom is 0.165 e. The summed E-state index contributed by atoms with van der Waals surface area (Å²) in [6, 6.07) is 4.75. The number of halogens is 1. The monoisotopic (exact) mass is 252 g/mol. The average Bonchev–Trinajstić information content (AvgIpc) is 2.39. The van der Waals surface area contributed by atoms with E-state index >= 15 is 0 Å². The van der Waals surface area contributed by atoms with E-state index in [-0.39, 0.29) is 5.82 Å². The molecule has 0 unspecified atom stereocenters. The Morgan fingerprint density at radius 3 is 2.67 bits per heavy atom. The lowest BCUT2D eigenvalue weighted by Crippen LogP contribution is -2.00. The van der Waals surface area contributed by atoms with Crippen molar-refractivity contribution in [3.8, 4) is 5.75 Å². The molecule has 0 atom stereocenters. The van der Waals surface area contributed by atoms with E-state index in [1.165, 1.54) is 26.0 Å². The number of ether oxygens (including phenoxy) is 2. The normalized spacial score (nSPS) is 10.2. The van der Waals surface area contributed by atoms with Crippen molar-refractivity contribution in [3.05, 3.63) is 36.2 Å². The number of hydrogen-bond donors (Lipinski definition) is 0. The van der Waals surface area contributed by atoms with Crippen LogP contribution in [0.2, 0.25) is 0 Å². The molecule has 0 heterocycles. The zero-order valence-corrected chi connectivity index (χ0v) is 11.2. The topological polar surface area (TPSA) is 18.5 Å². The minimum Gasteiger partial charge on any atom is -0.497 e. The van der Waals surface area contributed by atoms with Crippen molar-refractivity contribution in [1.29, 1.82) is 0 Å². The van der Waals surface area contributed by atoms with Gasteiger partial charge in [0.25, 0.3) is 0 Å². The first-order valence-electron chi connectivity index (χ1n) is 6.34. The molecule has 1 aromatic rings. The van der Waals surface area contributed by atoms with Gasteiger partial charge in [-0.2, -0.15) is 0 Å². The summed E-state index contributed by atoms with van der Waals surface area (Å²) in [7, 11) is 1.51. The van der Waals surface area contributed by atoms with Crippen LogP contribution in [0.4, 0.5) is 4.39 Å². The van der Waals surface area contributed by atoms with E-state index in [1.54, 1.807) is 12.1 Å². The molecular weight excluding hydrogens is 231 g/mol. The first-order valence-corrected chi connectivity index (χ1v) is 6.34. The van der Waals surface area contributed by atoms with E-state index in [2.05, 4.69) is 13.5 Å². The Morgan fingerprint density at radius 2 is 2.06 bits per heavy atom. The predicted molar refractivity (Wildman–Crippen MR) is 72.1 cm³/mol. The number of benzene rings is 1. The van der Waals surface area contributed by atoms with Gasteiger partial charge in [-0.25, -0.2) is 4.39 Å². The van der Waals surface area contributed by atoms with Crippen LogP contribution in [0, 0.1) is 5.82 Å². The van der Waals surface area contributed by atoms with Gasteiger partial charge >= 0.3 is 0 Å². The molecule has 0 aliphatic heterocycles. The van der Waals surface area contributed by atoms with Gasteiger partial charge in [0.05, 0.1) is 13.7 Å². The van der Waals surface area contributed by atoms with Crippen molar-refractivity contribution in [3.63, 3.8) is 0 Å². The number of unbranched alkanes of at least 4 members (excludes halogenated alkanes) is 3. The Bertz CT molecular complexity index is 388. The molecule has 100 valence electrons. The van der Waals surface area contributed by atoms with Gasteiger partial charge in [0.2, 0.25) is 0 Å². The molecule has 0 radical (unpaired) electrons. The van der Waals surface area contributed by atoms with Gasteiger partial charge in [-0.15, -0.1) is 0 Å². The third kappa shape index (κ3) is 4.40. The molecule has 0 fully saturated rings. The molecule has 0 saturated carbocycles. The van der Waals surface area contributed by atoms with Crippen LogP contribution in [0.25, 0.3) is 5.76 Å².